The number of carbonyl (C=O) groups excluding carboxylic acids is 1. The monoisotopic (exact) mass is 303 g/mol. The third-order valence-corrected chi connectivity index (χ3v) is 3.67. The van der Waals surface area contributed by atoms with Crippen molar-refractivity contribution in [2.24, 2.45) is 0 Å². The lowest BCUT2D eigenvalue weighted by Gasteiger charge is -2.07. The van der Waals surface area contributed by atoms with Crippen LogP contribution in [0.5, 0.6) is 5.75 Å². The van der Waals surface area contributed by atoms with Gasteiger partial charge in [0, 0.05) is 10.9 Å². The number of anilines is 1. The molecule has 0 atom stereocenters. The third-order valence-electron chi connectivity index (χ3n) is 2.86. The molecule has 0 aliphatic carbocycles. The van der Waals surface area contributed by atoms with Crippen LogP contribution in [0.4, 0.5) is 5.00 Å². The topological polar surface area (TPSA) is 61.5 Å². The van der Waals surface area contributed by atoms with E-state index in [0.29, 0.717) is 17.2 Å². The van der Waals surface area contributed by atoms with E-state index < -0.39 is 5.97 Å². The number of thiophene rings is 1. The number of carbonyl (C=O) groups is 1. The predicted molar refractivity (Wildman–Crippen MR) is 85.8 cm³/mol. The zero-order chi connectivity index (χ0) is 15.4. The molecular weight excluding hydrogens is 286 g/mol. The number of ether oxygens (including phenoxy) is 2. The second-order valence-electron chi connectivity index (χ2n) is 4.65. The summed E-state index contributed by atoms with van der Waals surface area (Å²) in [5.74, 6) is 0.330. The van der Waals surface area contributed by atoms with Crippen LogP contribution in [0.1, 0.15) is 17.3 Å². The van der Waals surface area contributed by atoms with E-state index >= 15 is 0 Å². The molecule has 0 aliphatic heterocycles. The Labute approximate surface area is 127 Å². The first-order valence-electron chi connectivity index (χ1n) is 6.35. The Bertz CT molecular complexity index is 659. The van der Waals surface area contributed by atoms with E-state index in [-0.39, 0.29) is 0 Å². The molecule has 110 valence electrons. The minimum Gasteiger partial charge on any atom is -0.489 e. The first kappa shape index (κ1) is 15.1. The van der Waals surface area contributed by atoms with Gasteiger partial charge < -0.3 is 15.2 Å². The highest BCUT2D eigenvalue weighted by atomic mass is 32.1. The fourth-order valence-electron chi connectivity index (χ4n) is 1.84. The fraction of sp³-hybridized carbons (Fsp3) is 0.188. The zero-order valence-corrected chi connectivity index (χ0v) is 12.8. The molecule has 2 aromatic rings. The maximum atomic E-state index is 11.8. The number of methoxy groups -OCH3 is 1. The molecule has 0 fully saturated rings. The van der Waals surface area contributed by atoms with Gasteiger partial charge in [-0.2, -0.15) is 0 Å². The largest absolute Gasteiger partial charge is 0.489 e. The summed E-state index contributed by atoms with van der Waals surface area (Å²) in [4.78, 5) is 11.8. The van der Waals surface area contributed by atoms with Crippen LogP contribution >= 0.6 is 11.3 Å². The van der Waals surface area contributed by atoms with Gasteiger partial charge in [0.2, 0.25) is 0 Å². The van der Waals surface area contributed by atoms with Gasteiger partial charge in [0.1, 0.15) is 22.9 Å². The van der Waals surface area contributed by atoms with Crippen molar-refractivity contribution in [2.75, 3.05) is 19.5 Å². The molecule has 5 heteroatoms. The molecule has 21 heavy (non-hydrogen) atoms. The summed E-state index contributed by atoms with van der Waals surface area (Å²) >= 11 is 1.32. The summed E-state index contributed by atoms with van der Waals surface area (Å²) in [6.45, 7) is 6.18. The molecule has 2 N–H and O–H groups in total. The molecule has 1 aromatic heterocycles. The summed E-state index contributed by atoms with van der Waals surface area (Å²) in [7, 11) is 1.35. The van der Waals surface area contributed by atoms with E-state index in [0.717, 1.165) is 22.4 Å². The molecule has 4 nitrogen and oxygen atoms in total. The van der Waals surface area contributed by atoms with Gasteiger partial charge in [-0.15, -0.1) is 11.3 Å². The standard InChI is InChI=1S/C16H17NO3S/c1-10(2)8-20-12-6-4-11(5-7-12)13-9-21-15(17)14(13)16(18)19-3/h4-7,9H,1,8,17H2,2-3H3. The van der Waals surface area contributed by atoms with Crippen LogP contribution in [0.25, 0.3) is 11.1 Å². The highest BCUT2D eigenvalue weighted by Gasteiger charge is 2.19. The lowest BCUT2D eigenvalue weighted by Crippen LogP contribution is -2.04. The van der Waals surface area contributed by atoms with E-state index in [9.17, 15) is 4.79 Å². The van der Waals surface area contributed by atoms with Gasteiger partial charge in [0.25, 0.3) is 0 Å². The van der Waals surface area contributed by atoms with Gasteiger partial charge in [0.05, 0.1) is 7.11 Å². The van der Waals surface area contributed by atoms with Crippen LogP contribution in [-0.2, 0) is 4.74 Å². The van der Waals surface area contributed by atoms with Crippen LogP contribution in [0, 0.1) is 0 Å². The molecule has 0 spiro atoms. The van der Waals surface area contributed by atoms with E-state index in [1.807, 2.05) is 36.6 Å². The number of hydrogen-bond donors (Lipinski definition) is 1. The third kappa shape index (κ3) is 3.44. The second kappa shape index (κ2) is 6.45. The minimum atomic E-state index is -0.425. The Balaban J connectivity index is 2.27. The van der Waals surface area contributed by atoms with Gasteiger partial charge in [-0.25, -0.2) is 4.79 Å². The number of benzene rings is 1. The number of rotatable bonds is 5. The van der Waals surface area contributed by atoms with Crippen LogP contribution in [0.3, 0.4) is 0 Å². The molecule has 0 radical (unpaired) electrons. The fourth-order valence-corrected chi connectivity index (χ4v) is 2.65. The predicted octanol–water partition coefficient (Wildman–Crippen LogP) is 3.74. The maximum Gasteiger partial charge on any atom is 0.341 e. The molecule has 0 amide bonds. The molecule has 0 bridgehead atoms. The average molecular weight is 303 g/mol. The molecule has 0 saturated carbocycles. The molecule has 1 heterocycles. The van der Waals surface area contributed by atoms with Gasteiger partial charge in [-0.05, 0) is 30.2 Å². The number of nitrogens with two attached hydrogens (primary N) is 1. The van der Waals surface area contributed by atoms with Crippen LogP contribution in [-0.4, -0.2) is 19.7 Å². The van der Waals surface area contributed by atoms with Crippen molar-refractivity contribution in [3.63, 3.8) is 0 Å². The van der Waals surface area contributed by atoms with E-state index in [4.69, 9.17) is 15.2 Å². The Kier molecular flexibility index (Phi) is 4.65. The summed E-state index contributed by atoms with van der Waals surface area (Å²) < 4.78 is 10.3. The first-order valence-corrected chi connectivity index (χ1v) is 7.23. The minimum absolute atomic E-state index is 0.415. The van der Waals surface area contributed by atoms with Gasteiger partial charge >= 0.3 is 5.97 Å². The van der Waals surface area contributed by atoms with Gasteiger partial charge in [-0.3, -0.25) is 0 Å². The van der Waals surface area contributed by atoms with Crippen LogP contribution < -0.4 is 10.5 Å². The SMILES string of the molecule is C=C(C)COc1ccc(-c2csc(N)c2C(=O)OC)cc1. The van der Waals surface area contributed by atoms with Crippen molar-refractivity contribution in [3.8, 4) is 16.9 Å². The maximum absolute atomic E-state index is 11.8. The van der Waals surface area contributed by atoms with Gasteiger partial charge in [-0.1, -0.05) is 18.7 Å². The molecule has 0 unspecified atom stereocenters. The van der Waals surface area contributed by atoms with Crippen molar-refractivity contribution >= 4 is 22.3 Å². The number of esters is 1. The van der Waals surface area contributed by atoms with Crippen LogP contribution in [0.2, 0.25) is 0 Å². The van der Waals surface area contributed by atoms with Crippen LogP contribution in [0.15, 0.2) is 41.8 Å². The number of hydrogen-bond acceptors (Lipinski definition) is 5. The smallest absolute Gasteiger partial charge is 0.341 e. The Hall–Kier alpha value is -2.27. The average Bonchev–Trinajstić information content (AvgIpc) is 2.86. The molecule has 0 saturated heterocycles. The summed E-state index contributed by atoms with van der Waals surface area (Å²) in [6, 6.07) is 7.49. The van der Waals surface area contributed by atoms with Crippen molar-refractivity contribution in [2.45, 2.75) is 6.92 Å². The van der Waals surface area contributed by atoms with Crippen molar-refractivity contribution in [1.82, 2.24) is 0 Å². The summed E-state index contributed by atoms with van der Waals surface area (Å²) in [5, 5.41) is 2.31. The van der Waals surface area contributed by atoms with Gasteiger partial charge in [0.15, 0.2) is 0 Å². The normalized spacial score (nSPS) is 10.2. The van der Waals surface area contributed by atoms with Crippen molar-refractivity contribution < 1.29 is 14.3 Å². The zero-order valence-electron chi connectivity index (χ0n) is 12.0. The van der Waals surface area contributed by atoms with E-state index in [1.165, 1.54) is 18.4 Å². The molecule has 2 rings (SSSR count). The molecule has 0 aliphatic rings. The Morgan fingerprint density at radius 1 is 1.33 bits per heavy atom. The van der Waals surface area contributed by atoms with E-state index in [1.54, 1.807) is 0 Å². The van der Waals surface area contributed by atoms with Crippen molar-refractivity contribution in [1.29, 1.82) is 0 Å². The van der Waals surface area contributed by atoms with E-state index in [2.05, 4.69) is 6.58 Å². The molecular formula is C16H17NO3S. The molecule has 1 aromatic carbocycles. The Morgan fingerprint density at radius 3 is 2.57 bits per heavy atom. The highest BCUT2D eigenvalue weighted by Crippen LogP contribution is 2.34. The van der Waals surface area contributed by atoms with Crippen molar-refractivity contribution in [3.05, 3.63) is 47.4 Å². The quantitative estimate of drug-likeness (QED) is 0.675. The lowest BCUT2D eigenvalue weighted by molar-refractivity contribution is 0.0603. The Morgan fingerprint density at radius 2 is 2.00 bits per heavy atom. The number of nitrogen functional groups attached to an aromatic ring is 1. The highest BCUT2D eigenvalue weighted by molar-refractivity contribution is 7.14. The second-order valence-corrected chi connectivity index (χ2v) is 5.56. The summed E-state index contributed by atoms with van der Waals surface area (Å²) in [5.41, 5.74) is 8.89. The lowest BCUT2D eigenvalue weighted by atomic mass is 10.0. The first-order chi connectivity index (χ1) is 10.0. The summed E-state index contributed by atoms with van der Waals surface area (Å²) in [6.07, 6.45) is 0.